The Balaban J connectivity index is 1.90. The Morgan fingerprint density at radius 1 is 1.35 bits per heavy atom. The molecule has 0 fully saturated rings. The molecule has 0 atom stereocenters. The van der Waals surface area contributed by atoms with E-state index in [1.807, 2.05) is 30.3 Å². The number of alkyl halides is 1. The zero-order valence-corrected chi connectivity index (χ0v) is 13.8. The van der Waals surface area contributed by atoms with Crippen molar-refractivity contribution >= 4 is 39.1 Å². The average Bonchev–Trinajstić information content (AvgIpc) is 2.90. The van der Waals surface area contributed by atoms with E-state index in [4.69, 9.17) is 16.3 Å². The highest BCUT2D eigenvalue weighted by atomic mass is 35.5. The fourth-order valence-electron chi connectivity index (χ4n) is 2.24. The van der Waals surface area contributed by atoms with Crippen LogP contribution in [0.15, 0.2) is 35.1 Å². The number of aryl methyl sites for hydroxylation is 1. The number of aromatic amines is 1. The monoisotopic (exact) mass is 348 g/mol. The Morgan fingerprint density at radius 2 is 2.09 bits per heavy atom. The third kappa shape index (κ3) is 3.13. The van der Waals surface area contributed by atoms with Gasteiger partial charge in [-0.1, -0.05) is 30.3 Å². The summed E-state index contributed by atoms with van der Waals surface area (Å²) in [6, 6.07) is 9.41. The Labute approximate surface area is 140 Å². The van der Waals surface area contributed by atoms with E-state index in [1.165, 1.54) is 0 Å². The second kappa shape index (κ2) is 6.52. The van der Waals surface area contributed by atoms with Crippen LogP contribution in [0.2, 0.25) is 0 Å². The van der Waals surface area contributed by atoms with Gasteiger partial charge in [-0.25, -0.2) is 9.78 Å². The zero-order valence-electron chi connectivity index (χ0n) is 12.3. The number of aromatic nitrogens is 2. The summed E-state index contributed by atoms with van der Waals surface area (Å²) < 4.78 is 5.33. The van der Waals surface area contributed by atoms with E-state index >= 15 is 0 Å². The van der Waals surface area contributed by atoms with Crippen molar-refractivity contribution in [2.45, 2.75) is 19.4 Å². The van der Waals surface area contributed by atoms with E-state index in [1.54, 1.807) is 6.92 Å². The molecule has 0 amide bonds. The minimum Gasteiger partial charge on any atom is -0.457 e. The number of fused-ring (bicyclic) bond motifs is 1. The fourth-order valence-corrected chi connectivity index (χ4v) is 3.46. The molecule has 7 heteroatoms. The third-order valence-electron chi connectivity index (χ3n) is 3.37. The number of hydrogen-bond donors (Lipinski definition) is 1. The molecule has 0 spiro atoms. The van der Waals surface area contributed by atoms with Crippen molar-refractivity contribution in [3.8, 4) is 0 Å². The highest BCUT2D eigenvalue weighted by Crippen LogP contribution is 2.28. The largest absolute Gasteiger partial charge is 0.457 e. The number of carbonyl (C=O) groups is 1. The number of H-pyrrole nitrogens is 1. The lowest BCUT2D eigenvalue weighted by molar-refractivity contribution is 0.0478. The van der Waals surface area contributed by atoms with E-state index in [9.17, 15) is 9.59 Å². The first kappa shape index (κ1) is 15.7. The van der Waals surface area contributed by atoms with Gasteiger partial charge in [0.15, 0.2) is 0 Å². The Kier molecular flexibility index (Phi) is 4.45. The molecule has 0 unspecified atom stereocenters. The van der Waals surface area contributed by atoms with Gasteiger partial charge in [-0.3, -0.25) is 4.79 Å². The van der Waals surface area contributed by atoms with Crippen LogP contribution in [0.1, 0.15) is 26.6 Å². The number of nitrogens with one attached hydrogen (secondary N) is 1. The maximum Gasteiger partial charge on any atom is 0.349 e. The number of carbonyl (C=O) groups excluding carboxylic acids is 1. The lowest BCUT2D eigenvalue weighted by atomic mass is 10.2. The molecule has 23 heavy (non-hydrogen) atoms. The van der Waals surface area contributed by atoms with Gasteiger partial charge in [-0.15, -0.1) is 22.9 Å². The van der Waals surface area contributed by atoms with Crippen LogP contribution in [0.5, 0.6) is 0 Å². The van der Waals surface area contributed by atoms with Crippen LogP contribution in [0.3, 0.4) is 0 Å². The summed E-state index contributed by atoms with van der Waals surface area (Å²) in [5.41, 5.74) is 1.19. The van der Waals surface area contributed by atoms with Gasteiger partial charge in [0, 0.05) is 0 Å². The van der Waals surface area contributed by atoms with Crippen molar-refractivity contribution < 1.29 is 9.53 Å². The maximum absolute atomic E-state index is 12.3. The van der Waals surface area contributed by atoms with Crippen LogP contribution < -0.4 is 5.56 Å². The lowest BCUT2D eigenvalue weighted by Crippen LogP contribution is -2.11. The number of esters is 1. The van der Waals surface area contributed by atoms with Gasteiger partial charge in [-0.05, 0) is 18.1 Å². The van der Waals surface area contributed by atoms with Gasteiger partial charge >= 0.3 is 5.97 Å². The lowest BCUT2D eigenvalue weighted by Gasteiger charge is -2.03. The Bertz CT molecular complexity index is 918. The molecule has 0 radical (unpaired) electrons. The normalized spacial score (nSPS) is 10.9. The second-order valence-electron chi connectivity index (χ2n) is 4.94. The van der Waals surface area contributed by atoms with Crippen molar-refractivity contribution in [2.75, 3.05) is 0 Å². The first-order valence-corrected chi connectivity index (χ1v) is 8.24. The minimum absolute atomic E-state index is 0.107. The number of benzene rings is 1. The SMILES string of the molecule is Cc1c(C(=O)OCc2ccccc2)sc2nc(CCl)[nH]c(=O)c12. The highest BCUT2D eigenvalue weighted by molar-refractivity contribution is 7.20. The van der Waals surface area contributed by atoms with Crippen molar-refractivity contribution in [2.24, 2.45) is 0 Å². The molecule has 0 aliphatic rings. The standard InChI is InChI=1S/C16H13ClN2O3S/c1-9-12-14(20)18-11(7-17)19-15(12)23-13(9)16(21)22-8-10-5-3-2-4-6-10/h2-6H,7-8H2,1H3,(H,18,19,20). The number of hydrogen-bond acceptors (Lipinski definition) is 5. The van der Waals surface area contributed by atoms with Crippen molar-refractivity contribution in [3.05, 3.63) is 62.5 Å². The van der Waals surface area contributed by atoms with E-state index in [0.29, 0.717) is 26.5 Å². The second-order valence-corrected chi connectivity index (χ2v) is 6.21. The van der Waals surface area contributed by atoms with E-state index in [0.717, 1.165) is 16.9 Å². The van der Waals surface area contributed by atoms with Crippen LogP contribution >= 0.6 is 22.9 Å². The molecule has 5 nitrogen and oxygen atoms in total. The molecule has 3 rings (SSSR count). The molecule has 1 aromatic carbocycles. The predicted molar refractivity (Wildman–Crippen MR) is 90.1 cm³/mol. The molecule has 3 aromatic rings. The van der Waals surface area contributed by atoms with Crippen molar-refractivity contribution in [1.82, 2.24) is 9.97 Å². The van der Waals surface area contributed by atoms with Crippen LogP contribution in [0.4, 0.5) is 0 Å². The first-order chi connectivity index (χ1) is 11.1. The van der Waals surface area contributed by atoms with Gasteiger partial charge in [-0.2, -0.15) is 0 Å². The number of thiophene rings is 1. The molecular formula is C16H13ClN2O3S. The Hall–Kier alpha value is -2.18. The van der Waals surface area contributed by atoms with E-state index in [-0.39, 0.29) is 18.0 Å². The molecular weight excluding hydrogens is 336 g/mol. The maximum atomic E-state index is 12.3. The van der Waals surface area contributed by atoms with E-state index < -0.39 is 5.97 Å². The number of rotatable bonds is 4. The van der Waals surface area contributed by atoms with Crippen LogP contribution in [-0.2, 0) is 17.2 Å². The molecule has 0 aliphatic heterocycles. The van der Waals surface area contributed by atoms with Crippen LogP contribution in [0.25, 0.3) is 10.2 Å². The van der Waals surface area contributed by atoms with Gasteiger partial charge in [0.05, 0.1) is 11.3 Å². The summed E-state index contributed by atoms with van der Waals surface area (Å²) in [6.45, 7) is 1.90. The summed E-state index contributed by atoms with van der Waals surface area (Å²) in [5.74, 6) is 0.0337. The third-order valence-corrected chi connectivity index (χ3v) is 4.79. The fraction of sp³-hybridized carbons (Fsp3) is 0.188. The minimum atomic E-state index is -0.457. The number of halogens is 1. The molecule has 2 aromatic heterocycles. The number of nitrogens with zero attached hydrogens (tertiary/aromatic N) is 1. The van der Waals surface area contributed by atoms with Gasteiger partial charge in [0.2, 0.25) is 0 Å². The quantitative estimate of drug-likeness (QED) is 0.579. The smallest absolute Gasteiger partial charge is 0.349 e. The molecule has 2 heterocycles. The highest BCUT2D eigenvalue weighted by Gasteiger charge is 2.20. The molecule has 0 saturated carbocycles. The molecule has 1 N–H and O–H groups in total. The Morgan fingerprint density at radius 3 is 2.78 bits per heavy atom. The van der Waals surface area contributed by atoms with Crippen LogP contribution in [0, 0.1) is 6.92 Å². The molecule has 0 aliphatic carbocycles. The van der Waals surface area contributed by atoms with Gasteiger partial charge in [0.25, 0.3) is 5.56 Å². The van der Waals surface area contributed by atoms with E-state index in [2.05, 4.69) is 9.97 Å². The zero-order chi connectivity index (χ0) is 16.4. The van der Waals surface area contributed by atoms with Gasteiger partial charge < -0.3 is 9.72 Å². The summed E-state index contributed by atoms with van der Waals surface area (Å²) in [5, 5.41) is 0.413. The topological polar surface area (TPSA) is 72.0 Å². The average molecular weight is 349 g/mol. The van der Waals surface area contributed by atoms with Gasteiger partial charge in [0.1, 0.15) is 22.1 Å². The summed E-state index contributed by atoms with van der Waals surface area (Å²) in [7, 11) is 0. The molecule has 0 saturated heterocycles. The predicted octanol–water partition coefficient (Wildman–Crippen LogP) is 3.39. The summed E-state index contributed by atoms with van der Waals surface area (Å²) in [6.07, 6.45) is 0. The van der Waals surface area contributed by atoms with Crippen molar-refractivity contribution in [3.63, 3.8) is 0 Å². The summed E-state index contributed by atoms with van der Waals surface area (Å²) >= 11 is 6.85. The summed E-state index contributed by atoms with van der Waals surface area (Å²) in [4.78, 5) is 32.1. The van der Waals surface area contributed by atoms with Crippen LogP contribution in [-0.4, -0.2) is 15.9 Å². The van der Waals surface area contributed by atoms with Crippen molar-refractivity contribution in [1.29, 1.82) is 0 Å². The molecule has 118 valence electrons. The first-order valence-electron chi connectivity index (χ1n) is 6.89. The number of ether oxygens (including phenoxy) is 1. The molecule has 0 bridgehead atoms.